The van der Waals surface area contributed by atoms with Crippen LogP contribution >= 0.6 is 15.9 Å². The highest BCUT2D eigenvalue weighted by Crippen LogP contribution is 2.40. The molecule has 0 spiro atoms. The lowest BCUT2D eigenvalue weighted by molar-refractivity contribution is -0.151. The summed E-state index contributed by atoms with van der Waals surface area (Å²) < 4.78 is 14.5. The van der Waals surface area contributed by atoms with Gasteiger partial charge in [-0.2, -0.15) is 0 Å². The Morgan fingerprint density at radius 2 is 2.00 bits per heavy atom. The van der Waals surface area contributed by atoms with E-state index in [2.05, 4.69) is 15.9 Å². The van der Waals surface area contributed by atoms with Gasteiger partial charge in [0.05, 0.1) is 5.41 Å². The molecule has 1 N–H and O–H groups in total. The number of hydrogen-bond acceptors (Lipinski definition) is 1. The van der Waals surface area contributed by atoms with E-state index in [1.54, 1.807) is 12.1 Å². The summed E-state index contributed by atoms with van der Waals surface area (Å²) in [5.74, 6) is -1.11. The molecule has 0 saturated heterocycles. The van der Waals surface area contributed by atoms with Gasteiger partial charge in [-0.25, -0.2) is 4.39 Å². The molecule has 1 aromatic carbocycles. The Balaban J connectivity index is 2.26. The Labute approximate surface area is 114 Å². The van der Waals surface area contributed by atoms with Crippen LogP contribution in [0.2, 0.25) is 0 Å². The minimum absolute atomic E-state index is 0.293. The Bertz CT molecular complexity index is 453. The van der Waals surface area contributed by atoms with Gasteiger partial charge < -0.3 is 5.11 Å². The second kappa shape index (κ2) is 5.39. The molecule has 0 bridgehead atoms. The normalized spacial score (nSPS) is 18.6. The molecular formula is C14H16BrFO2. The van der Waals surface area contributed by atoms with E-state index in [-0.39, 0.29) is 5.82 Å². The number of halogens is 2. The van der Waals surface area contributed by atoms with Gasteiger partial charge >= 0.3 is 5.97 Å². The molecule has 0 aliphatic heterocycles. The molecule has 2 rings (SSSR count). The molecule has 0 atom stereocenters. The molecule has 4 heteroatoms. The fraction of sp³-hybridized carbons (Fsp3) is 0.500. The molecule has 98 valence electrons. The van der Waals surface area contributed by atoms with Gasteiger partial charge in [0.15, 0.2) is 0 Å². The predicted molar refractivity (Wildman–Crippen MR) is 71.0 cm³/mol. The topological polar surface area (TPSA) is 37.3 Å². The first-order valence-corrected chi connectivity index (χ1v) is 7.00. The maximum absolute atomic E-state index is 13.8. The molecular weight excluding hydrogens is 299 g/mol. The fourth-order valence-electron chi connectivity index (χ4n) is 2.72. The molecule has 1 aromatic rings. The third-order valence-electron chi connectivity index (χ3n) is 3.81. The van der Waals surface area contributed by atoms with Crippen LogP contribution in [0.3, 0.4) is 0 Å². The molecule has 1 fully saturated rings. The van der Waals surface area contributed by atoms with E-state index in [1.165, 1.54) is 6.07 Å². The van der Waals surface area contributed by atoms with Crippen LogP contribution < -0.4 is 0 Å². The molecule has 1 aliphatic carbocycles. The SMILES string of the molecule is O=C(O)C1(Cc2ccc(Br)cc2F)CCCCC1. The highest BCUT2D eigenvalue weighted by atomic mass is 79.9. The van der Waals surface area contributed by atoms with Crippen molar-refractivity contribution in [3.05, 3.63) is 34.1 Å². The lowest BCUT2D eigenvalue weighted by atomic mass is 9.70. The van der Waals surface area contributed by atoms with Gasteiger partial charge in [-0.15, -0.1) is 0 Å². The number of hydrogen-bond donors (Lipinski definition) is 1. The van der Waals surface area contributed by atoms with E-state index in [0.29, 0.717) is 29.3 Å². The van der Waals surface area contributed by atoms with Gasteiger partial charge in [0.2, 0.25) is 0 Å². The standard InChI is InChI=1S/C14H16BrFO2/c15-11-5-4-10(12(16)8-11)9-14(13(17)18)6-2-1-3-7-14/h4-5,8H,1-3,6-7,9H2,(H,17,18). The first-order chi connectivity index (χ1) is 8.53. The van der Waals surface area contributed by atoms with E-state index in [1.807, 2.05) is 0 Å². The van der Waals surface area contributed by atoms with Crippen LogP contribution in [0.5, 0.6) is 0 Å². The van der Waals surface area contributed by atoms with Crippen molar-refractivity contribution in [2.45, 2.75) is 38.5 Å². The molecule has 0 heterocycles. The van der Waals surface area contributed by atoms with E-state index in [9.17, 15) is 14.3 Å². The quantitative estimate of drug-likeness (QED) is 0.909. The number of benzene rings is 1. The van der Waals surface area contributed by atoms with E-state index in [4.69, 9.17) is 0 Å². The smallest absolute Gasteiger partial charge is 0.309 e. The number of rotatable bonds is 3. The second-order valence-electron chi connectivity index (χ2n) is 5.06. The lowest BCUT2D eigenvalue weighted by Gasteiger charge is -2.33. The Kier molecular flexibility index (Phi) is 4.05. The van der Waals surface area contributed by atoms with Crippen molar-refractivity contribution in [1.82, 2.24) is 0 Å². The Morgan fingerprint density at radius 3 is 2.56 bits per heavy atom. The van der Waals surface area contributed by atoms with Gasteiger partial charge in [-0.3, -0.25) is 4.79 Å². The van der Waals surface area contributed by atoms with Crippen LogP contribution in [0, 0.1) is 11.2 Å². The van der Waals surface area contributed by atoms with Crippen molar-refractivity contribution in [2.75, 3.05) is 0 Å². The summed E-state index contributed by atoms with van der Waals surface area (Å²) in [6, 6.07) is 4.84. The van der Waals surface area contributed by atoms with Crippen LogP contribution in [-0.4, -0.2) is 11.1 Å². The van der Waals surface area contributed by atoms with Crippen LogP contribution in [0.1, 0.15) is 37.7 Å². The predicted octanol–water partition coefficient (Wildman–Crippen LogP) is 4.17. The average Bonchev–Trinajstić information content (AvgIpc) is 2.34. The van der Waals surface area contributed by atoms with Gasteiger partial charge in [0.1, 0.15) is 5.82 Å². The maximum Gasteiger partial charge on any atom is 0.309 e. The van der Waals surface area contributed by atoms with Gasteiger partial charge in [0, 0.05) is 4.47 Å². The molecule has 0 aromatic heterocycles. The zero-order valence-electron chi connectivity index (χ0n) is 10.1. The van der Waals surface area contributed by atoms with Crippen molar-refractivity contribution < 1.29 is 14.3 Å². The van der Waals surface area contributed by atoms with Crippen LogP contribution in [-0.2, 0) is 11.2 Å². The number of carboxylic acid groups (broad SMARTS) is 1. The van der Waals surface area contributed by atoms with Crippen molar-refractivity contribution in [1.29, 1.82) is 0 Å². The summed E-state index contributed by atoms with van der Waals surface area (Å²) in [6.07, 6.45) is 4.52. The molecule has 1 saturated carbocycles. The van der Waals surface area contributed by atoms with E-state index in [0.717, 1.165) is 19.3 Å². The van der Waals surface area contributed by atoms with Crippen molar-refractivity contribution in [3.63, 3.8) is 0 Å². The van der Waals surface area contributed by atoms with Crippen LogP contribution in [0.25, 0.3) is 0 Å². The summed E-state index contributed by atoms with van der Waals surface area (Å²) >= 11 is 3.21. The van der Waals surface area contributed by atoms with E-state index >= 15 is 0 Å². The Hall–Kier alpha value is -0.900. The average molecular weight is 315 g/mol. The van der Waals surface area contributed by atoms with Gasteiger partial charge in [-0.05, 0) is 37.0 Å². The van der Waals surface area contributed by atoms with Crippen LogP contribution in [0.15, 0.2) is 22.7 Å². The monoisotopic (exact) mass is 314 g/mol. The Morgan fingerprint density at radius 1 is 1.33 bits per heavy atom. The maximum atomic E-state index is 13.8. The van der Waals surface area contributed by atoms with Crippen molar-refractivity contribution >= 4 is 21.9 Å². The summed E-state index contributed by atoms with van der Waals surface area (Å²) in [5, 5.41) is 9.46. The van der Waals surface area contributed by atoms with Crippen molar-refractivity contribution in [3.8, 4) is 0 Å². The number of aliphatic carboxylic acids is 1. The van der Waals surface area contributed by atoms with Gasteiger partial charge in [-0.1, -0.05) is 41.3 Å². The molecule has 18 heavy (non-hydrogen) atoms. The summed E-state index contributed by atoms with van der Waals surface area (Å²) in [4.78, 5) is 11.5. The highest BCUT2D eigenvalue weighted by Gasteiger charge is 2.40. The highest BCUT2D eigenvalue weighted by molar-refractivity contribution is 9.10. The number of carboxylic acids is 1. The minimum atomic E-state index is -0.787. The number of carbonyl (C=O) groups is 1. The summed E-state index contributed by atoms with van der Waals surface area (Å²) in [7, 11) is 0. The van der Waals surface area contributed by atoms with Gasteiger partial charge in [0.25, 0.3) is 0 Å². The van der Waals surface area contributed by atoms with E-state index < -0.39 is 11.4 Å². The molecule has 1 aliphatic rings. The fourth-order valence-corrected chi connectivity index (χ4v) is 3.06. The second-order valence-corrected chi connectivity index (χ2v) is 5.97. The largest absolute Gasteiger partial charge is 0.481 e. The summed E-state index contributed by atoms with van der Waals surface area (Å²) in [5.41, 5.74) is -0.269. The van der Waals surface area contributed by atoms with Crippen LogP contribution in [0.4, 0.5) is 4.39 Å². The molecule has 0 unspecified atom stereocenters. The molecule has 2 nitrogen and oxygen atoms in total. The zero-order valence-corrected chi connectivity index (χ0v) is 11.7. The first kappa shape index (κ1) is 13.5. The van der Waals surface area contributed by atoms with Crippen molar-refractivity contribution in [2.24, 2.45) is 5.41 Å². The molecule has 0 radical (unpaired) electrons. The first-order valence-electron chi connectivity index (χ1n) is 6.21. The molecule has 0 amide bonds. The zero-order chi connectivity index (χ0) is 13.2. The minimum Gasteiger partial charge on any atom is -0.481 e. The lowest BCUT2D eigenvalue weighted by Crippen LogP contribution is -2.35. The summed E-state index contributed by atoms with van der Waals surface area (Å²) in [6.45, 7) is 0. The third-order valence-corrected chi connectivity index (χ3v) is 4.30. The third kappa shape index (κ3) is 2.74.